The predicted octanol–water partition coefficient (Wildman–Crippen LogP) is 1.75. The minimum Gasteiger partial charge on any atom is -0.497 e. The maximum atomic E-state index is 12.8. The number of anilines is 2. The number of esters is 1. The fraction of sp³-hybridized carbons (Fsp3) is 0.455. The Bertz CT molecular complexity index is 978. The molecule has 0 radical (unpaired) electrons. The van der Waals surface area contributed by atoms with E-state index in [0.717, 1.165) is 5.56 Å². The molecule has 2 aromatic rings. The van der Waals surface area contributed by atoms with Gasteiger partial charge in [-0.25, -0.2) is 4.68 Å². The molecule has 1 saturated heterocycles. The van der Waals surface area contributed by atoms with Crippen LogP contribution in [0.3, 0.4) is 0 Å². The third-order valence-corrected chi connectivity index (χ3v) is 5.34. The first-order chi connectivity index (χ1) is 14.9. The number of benzene rings is 1. The van der Waals surface area contributed by atoms with E-state index in [9.17, 15) is 14.4 Å². The fourth-order valence-electron chi connectivity index (χ4n) is 3.65. The largest absolute Gasteiger partial charge is 0.497 e. The lowest BCUT2D eigenvalue weighted by atomic mass is 9.96. The highest BCUT2D eigenvalue weighted by Gasteiger charge is 2.29. The molecular formula is C22H28N4O5. The maximum absolute atomic E-state index is 12.8. The van der Waals surface area contributed by atoms with Crippen LogP contribution in [0.25, 0.3) is 0 Å². The normalized spacial score (nSPS) is 14.2. The highest BCUT2D eigenvalue weighted by Crippen LogP contribution is 2.27. The van der Waals surface area contributed by atoms with Crippen molar-refractivity contribution in [2.45, 2.75) is 26.2 Å². The van der Waals surface area contributed by atoms with E-state index in [1.165, 1.54) is 10.9 Å². The second-order valence-corrected chi connectivity index (χ2v) is 7.42. The van der Waals surface area contributed by atoms with Gasteiger partial charge in [0, 0.05) is 20.1 Å². The van der Waals surface area contributed by atoms with Gasteiger partial charge in [0.25, 0.3) is 5.56 Å². The lowest BCUT2D eigenvalue weighted by Crippen LogP contribution is -2.41. The average Bonchev–Trinajstić information content (AvgIpc) is 2.77. The summed E-state index contributed by atoms with van der Waals surface area (Å²) in [5, 5.41) is 6.88. The van der Waals surface area contributed by atoms with Gasteiger partial charge in [0.2, 0.25) is 5.91 Å². The number of methoxy groups -OCH3 is 1. The summed E-state index contributed by atoms with van der Waals surface area (Å²) in [6, 6.07) is 7.23. The van der Waals surface area contributed by atoms with Gasteiger partial charge in [-0.15, -0.1) is 0 Å². The van der Waals surface area contributed by atoms with E-state index in [4.69, 9.17) is 9.47 Å². The Balaban J connectivity index is 1.73. The van der Waals surface area contributed by atoms with Crippen molar-refractivity contribution in [3.63, 3.8) is 0 Å². The third-order valence-electron chi connectivity index (χ3n) is 5.34. The Morgan fingerprint density at radius 2 is 1.87 bits per heavy atom. The summed E-state index contributed by atoms with van der Waals surface area (Å²) in [7, 11) is 3.15. The van der Waals surface area contributed by atoms with Gasteiger partial charge in [-0.3, -0.25) is 14.4 Å². The van der Waals surface area contributed by atoms with Crippen LogP contribution in [0.5, 0.6) is 5.75 Å². The number of carbonyl (C=O) groups excluding carboxylic acids is 2. The van der Waals surface area contributed by atoms with E-state index >= 15 is 0 Å². The van der Waals surface area contributed by atoms with Crippen molar-refractivity contribution < 1.29 is 19.1 Å². The second-order valence-electron chi connectivity index (χ2n) is 7.42. The molecule has 9 heteroatoms. The zero-order chi connectivity index (χ0) is 22.4. The first kappa shape index (κ1) is 22.3. The zero-order valence-corrected chi connectivity index (χ0v) is 18.1. The molecule has 1 N–H and O–H groups in total. The topological polar surface area (TPSA) is 103 Å². The molecule has 0 aliphatic carbocycles. The van der Waals surface area contributed by atoms with Gasteiger partial charge >= 0.3 is 5.97 Å². The van der Waals surface area contributed by atoms with Crippen molar-refractivity contribution in [2.75, 3.05) is 37.0 Å². The fourth-order valence-corrected chi connectivity index (χ4v) is 3.65. The van der Waals surface area contributed by atoms with Crippen LogP contribution in [0.15, 0.2) is 35.3 Å². The second kappa shape index (κ2) is 10.1. The number of hydrogen-bond donors (Lipinski definition) is 1. The molecule has 1 amide bonds. The van der Waals surface area contributed by atoms with Gasteiger partial charge in [-0.1, -0.05) is 12.1 Å². The molecule has 0 atom stereocenters. The summed E-state index contributed by atoms with van der Waals surface area (Å²) in [6.07, 6.45) is 2.82. The molecule has 3 rings (SSSR count). The van der Waals surface area contributed by atoms with Gasteiger partial charge in [0.05, 0.1) is 37.9 Å². The van der Waals surface area contributed by atoms with Crippen LogP contribution in [0.4, 0.5) is 11.4 Å². The van der Waals surface area contributed by atoms with Crippen molar-refractivity contribution in [1.29, 1.82) is 0 Å². The number of nitrogens with one attached hydrogen (secondary N) is 1. The lowest BCUT2D eigenvalue weighted by Gasteiger charge is -2.33. The van der Waals surface area contributed by atoms with Gasteiger partial charge in [-0.2, -0.15) is 5.10 Å². The highest BCUT2D eigenvalue weighted by atomic mass is 16.5. The Hall–Kier alpha value is -3.36. The molecule has 0 bridgehead atoms. The number of rotatable bonds is 7. The maximum Gasteiger partial charge on any atom is 0.309 e. The van der Waals surface area contributed by atoms with Crippen molar-refractivity contribution in [1.82, 2.24) is 9.78 Å². The quantitative estimate of drug-likeness (QED) is 0.670. The molecule has 2 heterocycles. The van der Waals surface area contributed by atoms with Gasteiger partial charge < -0.3 is 19.7 Å². The summed E-state index contributed by atoms with van der Waals surface area (Å²) >= 11 is 0. The van der Waals surface area contributed by atoms with E-state index in [1.54, 1.807) is 33.2 Å². The number of nitrogens with zero attached hydrogens (tertiary/aromatic N) is 3. The molecule has 9 nitrogen and oxygen atoms in total. The zero-order valence-electron chi connectivity index (χ0n) is 18.1. The lowest BCUT2D eigenvalue weighted by molar-refractivity contribution is -0.148. The average molecular weight is 428 g/mol. The Kier molecular flexibility index (Phi) is 7.28. The molecule has 1 aromatic heterocycles. The van der Waals surface area contributed by atoms with E-state index in [2.05, 4.69) is 10.4 Å². The van der Waals surface area contributed by atoms with Gasteiger partial charge in [0.15, 0.2) is 0 Å². The molecule has 1 aliphatic rings. The van der Waals surface area contributed by atoms with Crippen LogP contribution in [0, 0.1) is 5.92 Å². The molecule has 1 aliphatic heterocycles. The Labute approximate surface area is 181 Å². The number of hydrogen-bond acceptors (Lipinski definition) is 7. The van der Waals surface area contributed by atoms with Crippen LogP contribution >= 0.6 is 0 Å². The van der Waals surface area contributed by atoms with Crippen LogP contribution in [0.2, 0.25) is 0 Å². The number of piperidine rings is 1. The number of carbonyl (C=O) groups is 2. The van der Waals surface area contributed by atoms with E-state index in [-0.39, 0.29) is 29.8 Å². The smallest absolute Gasteiger partial charge is 0.309 e. The van der Waals surface area contributed by atoms with Crippen LogP contribution in [-0.4, -0.2) is 48.5 Å². The molecular weight excluding hydrogens is 400 g/mol. The molecule has 0 saturated carbocycles. The standard InChI is InChI=1S/C22H28N4O5/c1-4-31-22(29)16-9-11-26(12-10-16)20-18(14-23-25(2)21(20)28)24-19(27)13-15-5-7-17(30-3)8-6-15/h5-8,14,16H,4,9-13H2,1-3H3,(H,24,27). The molecule has 0 unspecified atom stereocenters. The molecule has 1 fully saturated rings. The Morgan fingerprint density at radius 1 is 1.19 bits per heavy atom. The molecule has 0 spiro atoms. The SMILES string of the molecule is CCOC(=O)C1CCN(c2c(NC(=O)Cc3ccc(OC)cc3)cnn(C)c2=O)CC1. The van der Waals surface area contributed by atoms with E-state index in [1.807, 2.05) is 17.0 Å². The molecule has 166 valence electrons. The van der Waals surface area contributed by atoms with Crippen molar-refractivity contribution in [3.8, 4) is 5.75 Å². The number of ether oxygens (including phenoxy) is 2. The van der Waals surface area contributed by atoms with Crippen LogP contribution in [0.1, 0.15) is 25.3 Å². The summed E-state index contributed by atoms with van der Waals surface area (Å²) in [4.78, 5) is 39.4. The first-order valence-corrected chi connectivity index (χ1v) is 10.3. The Morgan fingerprint density at radius 3 is 2.48 bits per heavy atom. The summed E-state index contributed by atoms with van der Waals surface area (Å²) < 4.78 is 11.5. The first-order valence-electron chi connectivity index (χ1n) is 10.3. The minimum atomic E-state index is -0.295. The molecule has 31 heavy (non-hydrogen) atoms. The number of aromatic nitrogens is 2. The summed E-state index contributed by atoms with van der Waals surface area (Å²) in [5.74, 6) is 0.101. The van der Waals surface area contributed by atoms with Crippen LogP contribution < -0.4 is 20.5 Å². The third kappa shape index (κ3) is 5.42. The monoisotopic (exact) mass is 428 g/mol. The number of amides is 1. The van der Waals surface area contributed by atoms with Crippen LogP contribution in [-0.2, 0) is 27.8 Å². The van der Waals surface area contributed by atoms with Crippen molar-refractivity contribution >= 4 is 23.3 Å². The van der Waals surface area contributed by atoms with Crippen molar-refractivity contribution in [2.24, 2.45) is 13.0 Å². The predicted molar refractivity (Wildman–Crippen MR) is 116 cm³/mol. The van der Waals surface area contributed by atoms with Gasteiger partial charge in [0.1, 0.15) is 11.4 Å². The number of aryl methyl sites for hydroxylation is 1. The van der Waals surface area contributed by atoms with E-state index in [0.29, 0.717) is 49.7 Å². The molecule has 1 aromatic carbocycles. The van der Waals surface area contributed by atoms with E-state index < -0.39 is 0 Å². The summed E-state index contributed by atoms with van der Waals surface area (Å²) in [5.41, 5.74) is 1.29. The van der Waals surface area contributed by atoms with Crippen molar-refractivity contribution in [3.05, 3.63) is 46.4 Å². The summed E-state index contributed by atoms with van der Waals surface area (Å²) in [6.45, 7) is 3.18. The highest BCUT2D eigenvalue weighted by molar-refractivity contribution is 5.95. The van der Waals surface area contributed by atoms with Gasteiger partial charge in [-0.05, 0) is 37.5 Å². The minimum absolute atomic E-state index is 0.156.